The summed E-state index contributed by atoms with van der Waals surface area (Å²) in [6.45, 7) is 20.1. The summed E-state index contributed by atoms with van der Waals surface area (Å²) in [7, 11) is 4.33. The minimum absolute atomic E-state index is 0.281. The van der Waals surface area contributed by atoms with Gasteiger partial charge in [-0.25, -0.2) is 0 Å². The molecule has 0 aliphatic carbocycles. The van der Waals surface area contributed by atoms with Gasteiger partial charge in [0.1, 0.15) is 0 Å². The van der Waals surface area contributed by atoms with Gasteiger partial charge in [-0.1, -0.05) is 55.4 Å². The lowest BCUT2D eigenvalue weighted by Gasteiger charge is -2.49. The van der Waals surface area contributed by atoms with Crippen LogP contribution in [0, 0.1) is 35.0 Å². The lowest BCUT2D eigenvalue weighted by Crippen LogP contribution is -2.50. The molecule has 1 aliphatic heterocycles. The van der Waals surface area contributed by atoms with E-state index in [9.17, 15) is 0 Å². The van der Waals surface area contributed by atoms with Gasteiger partial charge >= 0.3 is 0 Å². The van der Waals surface area contributed by atoms with Crippen LogP contribution in [0.1, 0.15) is 55.4 Å². The van der Waals surface area contributed by atoms with E-state index in [2.05, 4.69) is 74.4 Å². The molecule has 0 spiro atoms. The largest absolute Gasteiger partial charge is 0.372 e. The van der Waals surface area contributed by atoms with Crippen molar-refractivity contribution in [3.63, 3.8) is 0 Å². The molecular weight excluding hydrogens is 258 g/mol. The van der Waals surface area contributed by atoms with Crippen molar-refractivity contribution in [1.82, 2.24) is 4.90 Å². The second-order valence-corrected chi connectivity index (χ2v) is 8.68. The van der Waals surface area contributed by atoms with Crippen LogP contribution < -0.4 is 0 Å². The van der Waals surface area contributed by atoms with Crippen LogP contribution in [0.25, 0.3) is 0 Å². The fourth-order valence-corrected chi connectivity index (χ4v) is 5.25. The lowest BCUT2D eigenvalue weighted by atomic mass is 9.54. The van der Waals surface area contributed by atoms with Crippen LogP contribution >= 0.6 is 0 Å². The normalized spacial score (nSPS) is 29.6. The first-order valence-electron chi connectivity index (χ1n) is 8.86. The van der Waals surface area contributed by atoms with Crippen LogP contribution in [0.4, 0.5) is 0 Å². The van der Waals surface area contributed by atoms with E-state index in [0.717, 1.165) is 6.54 Å². The molecule has 126 valence electrons. The molecule has 3 atom stereocenters. The minimum Gasteiger partial charge on any atom is -0.372 e. The number of likely N-dealkylation sites (N-methyl/N-ethyl adjacent to an activating group) is 1. The molecule has 21 heavy (non-hydrogen) atoms. The first-order chi connectivity index (χ1) is 9.56. The SMILES string of the molecule is CC(C)[C@@H]1[C@@H](CN(C)C)O[C@@H](C(C)C)C1(C(C)C)C(C)C. The average molecular weight is 298 g/mol. The molecule has 0 unspecified atom stereocenters. The number of hydrogen-bond acceptors (Lipinski definition) is 2. The molecule has 2 nitrogen and oxygen atoms in total. The first kappa shape index (κ1) is 19.0. The summed E-state index contributed by atoms with van der Waals surface area (Å²) in [4.78, 5) is 2.29. The molecule has 1 aliphatic rings. The molecule has 1 rings (SSSR count). The topological polar surface area (TPSA) is 12.5 Å². The summed E-state index contributed by atoms with van der Waals surface area (Å²) < 4.78 is 6.70. The van der Waals surface area contributed by atoms with Crippen LogP contribution in [-0.2, 0) is 4.74 Å². The molecule has 0 N–H and O–H groups in total. The van der Waals surface area contributed by atoms with E-state index in [4.69, 9.17) is 4.74 Å². The molecule has 2 heteroatoms. The van der Waals surface area contributed by atoms with Crippen molar-refractivity contribution in [2.24, 2.45) is 35.0 Å². The third-order valence-electron chi connectivity index (χ3n) is 5.66. The highest BCUT2D eigenvalue weighted by atomic mass is 16.5. The minimum atomic E-state index is 0.281. The highest BCUT2D eigenvalue weighted by Gasteiger charge is 2.60. The lowest BCUT2D eigenvalue weighted by molar-refractivity contribution is -0.0593. The van der Waals surface area contributed by atoms with Crippen LogP contribution in [0.2, 0.25) is 0 Å². The highest BCUT2D eigenvalue weighted by Crippen LogP contribution is 2.58. The Morgan fingerprint density at radius 2 is 1.33 bits per heavy atom. The Bertz CT molecular complexity index is 312. The fourth-order valence-electron chi connectivity index (χ4n) is 5.25. The van der Waals surface area contributed by atoms with Crippen molar-refractivity contribution in [3.8, 4) is 0 Å². The highest BCUT2D eigenvalue weighted by molar-refractivity contribution is 5.07. The molecule has 0 saturated carbocycles. The number of hydrogen-bond donors (Lipinski definition) is 0. The van der Waals surface area contributed by atoms with E-state index in [1.165, 1.54) is 0 Å². The average Bonchev–Trinajstić information content (AvgIpc) is 2.63. The Kier molecular flexibility index (Phi) is 6.32. The number of ether oxygens (including phenoxy) is 1. The third-order valence-corrected chi connectivity index (χ3v) is 5.66. The van der Waals surface area contributed by atoms with Crippen LogP contribution in [-0.4, -0.2) is 37.7 Å². The van der Waals surface area contributed by atoms with Crippen molar-refractivity contribution in [1.29, 1.82) is 0 Å². The van der Waals surface area contributed by atoms with Gasteiger partial charge in [0.15, 0.2) is 0 Å². The van der Waals surface area contributed by atoms with Gasteiger partial charge in [0.05, 0.1) is 12.2 Å². The van der Waals surface area contributed by atoms with Gasteiger partial charge in [0, 0.05) is 12.0 Å². The van der Waals surface area contributed by atoms with E-state index in [1.807, 2.05) is 0 Å². The Morgan fingerprint density at radius 1 is 0.857 bits per heavy atom. The van der Waals surface area contributed by atoms with Crippen molar-refractivity contribution >= 4 is 0 Å². The third kappa shape index (κ3) is 3.32. The standard InChI is InChI=1S/C19H39NO/c1-12(2)17-16(11-20(9)10)21-18(13(3)4)19(17,14(5)6)15(7)8/h12-18H,11H2,1-10H3/t16-,17-,18+/m1/s1. The zero-order valence-electron chi connectivity index (χ0n) is 16.1. The predicted molar refractivity (Wildman–Crippen MR) is 92.5 cm³/mol. The maximum absolute atomic E-state index is 6.70. The summed E-state index contributed by atoms with van der Waals surface area (Å²) in [6.07, 6.45) is 0.729. The maximum atomic E-state index is 6.70. The maximum Gasteiger partial charge on any atom is 0.0742 e. The van der Waals surface area contributed by atoms with E-state index >= 15 is 0 Å². The second-order valence-electron chi connectivity index (χ2n) is 8.68. The zero-order valence-corrected chi connectivity index (χ0v) is 16.1. The molecular formula is C19H39NO. The van der Waals surface area contributed by atoms with Crippen LogP contribution in [0.15, 0.2) is 0 Å². The molecule has 0 aromatic carbocycles. The van der Waals surface area contributed by atoms with Gasteiger partial charge in [0.2, 0.25) is 0 Å². The quantitative estimate of drug-likeness (QED) is 0.713. The van der Waals surface area contributed by atoms with Gasteiger partial charge in [-0.05, 0) is 43.7 Å². The Balaban J connectivity index is 3.35. The van der Waals surface area contributed by atoms with Gasteiger partial charge in [0.25, 0.3) is 0 Å². The monoisotopic (exact) mass is 297 g/mol. The Labute approximate surface area is 133 Å². The molecule has 1 fully saturated rings. The van der Waals surface area contributed by atoms with Crippen LogP contribution in [0.3, 0.4) is 0 Å². The van der Waals surface area contributed by atoms with E-state index in [0.29, 0.717) is 41.8 Å². The van der Waals surface area contributed by atoms with Gasteiger partial charge in [-0.2, -0.15) is 0 Å². The number of rotatable bonds is 6. The van der Waals surface area contributed by atoms with Crippen LogP contribution in [0.5, 0.6) is 0 Å². The fraction of sp³-hybridized carbons (Fsp3) is 1.00. The molecule has 1 saturated heterocycles. The van der Waals surface area contributed by atoms with Gasteiger partial charge < -0.3 is 9.64 Å². The smallest absolute Gasteiger partial charge is 0.0742 e. The van der Waals surface area contributed by atoms with E-state index in [1.54, 1.807) is 0 Å². The molecule has 1 heterocycles. The van der Waals surface area contributed by atoms with Gasteiger partial charge in [-0.3, -0.25) is 0 Å². The molecule has 0 amide bonds. The van der Waals surface area contributed by atoms with Gasteiger partial charge in [-0.15, -0.1) is 0 Å². The van der Waals surface area contributed by atoms with Crippen molar-refractivity contribution in [2.75, 3.05) is 20.6 Å². The number of nitrogens with zero attached hydrogens (tertiary/aromatic N) is 1. The second kappa shape index (κ2) is 7.00. The summed E-state index contributed by atoms with van der Waals surface area (Å²) in [5.74, 6) is 3.15. The van der Waals surface area contributed by atoms with E-state index < -0.39 is 0 Å². The molecule has 0 bridgehead atoms. The summed E-state index contributed by atoms with van der Waals surface area (Å²) in [6, 6.07) is 0. The summed E-state index contributed by atoms with van der Waals surface area (Å²) in [5, 5.41) is 0. The summed E-state index contributed by atoms with van der Waals surface area (Å²) in [5.41, 5.74) is 0.281. The molecule has 0 aromatic rings. The molecule has 0 aromatic heterocycles. The van der Waals surface area contributed by atoms with E-state index in [-0.39, 0.29) is 5.41 Å². The predicted octanol–water partition coefficient (Wildman–Crippen LogP) is 4.54. The first-order valence-corrected chi connectivity index (χ1v) is 8.86. The van der Waals surface area contributed by atoms with Crippen molar-refractivity contribution in [3.05, 3.63) is 0 Å². The zero-order chi connectivity index (χ0) is 16.5. The molecule has 0 radical (unpaired) electrons. The Hall–Kier alpha value is -0.0800. The van der Waals surface area contributed by atoms with Crippen molar-refractivity contribution in [2.45, 2.75) is 67.6 Å². The Morgan fingerprint density at radius 3 is 1.62 bits per heavy atom. The van der Waals surface area contributed by atoms with Crippen molar-refractivity contribution < 1.29 is 4.74 Å². The summed E-state index contributed by atoms with van der Waals surface area (Å²) >= 11 is 0.